The van der Waals surface area contributed by atoms with E-state index in [0.29, 0.717) is 5.88 Å². The largest absolute Gasteiger partial charge is 0.474 e. The van der Waals surface area contributed by atoms with Gasteiger partial charge in [0.25, 0.3) is 0 Å². The van der Waals surface area contributed by atoms with E-state index in [0.717, 1.165) is 36.8 Å². The molecule has 2 aliphatic rings. The third-order valence-corrected chi connectivity index (χ3v) is 6.38. The third kappa shape index (κ3) is 3.70. The maximum Gasteiger partial charge on any atom is 0.235 e. The van der Waals surface area contributed by atoms with Gasteiger partial charge in [0.1, 0.15) is 6.10 Å². The van der Waals surface area contributed by atoms with Crippen molar-refractivity contribution < 1.29 is 9.53 Å². The zero-order valence-electron chi connectivity index (χ0n) is 16.9. The lowest BCUT2D eigenvalue weighted by Crippen LogP contribution is -2.51. The van der Waals surface area contributed by atoms with Gasteiger partial charge in [-0.2, -0.15) is 0 Å². The van der Waals surface area contributed by atoms with Crippen molar-refractivity contribution in [2.75, 3.05) is 0 Å². The van der Waals surface area contributed by atoms with Crippen molar-refractivity contribution in [3.63, 3.8) is 0 Å². The van der Waals surface area contributed by atoms with Gasteiger partial charge in [0.2, 0.25) is 11.8 Å². The van der Waals surface area contributed by atoms with Gasteiger partial charge in [0.15, 0.2) is 0 Å². The van der Waals surface area contributed by atoms with Crippen LogP contribution in [0.3, 0.4) is 0 Å². The molecular weight excluding hydrogens is 372 g/mol. The number of pyridine rings is 1. The molecule has 3 aromatic rings. The number of ether oxygens (including phenoxy) is 1. The highest BCUT2D eigenvalue weighted by molar-refractivity contribution is 5.88. The van der Waals surface area contributed by atoms with Gasteiger partial charge >= 0.3 is 0 Å². The Morgan fingerprint density at radius 1 is 0.833 bits per heavy atom. The number of carbonyl (C=O) groups is 1. The normalized spacial score (nSPS) is 22.8. The molecule has 2 fully saturated rings. The van der Waals surface area contributed by atoms with E-state index in [-0.39, 0.29) is 30.0 Å². The fourth-order valence-electron chi connectivity index (χ4n) is 5.09. The van der Waals surface area contributed by atoms with Crippen LogP contribution in [0.4, 0.5) is 0 Å². The first kappa shape index (κ1) is 18.9. The Hall–Kier alpha value is -3.14. The average molecular weight is 399 g/mol. The predicted molar refractivity (Wildman–Crippen MR) is 116 cm³/mol. The Morgan fingerprint density at radius 3 is 1.93 bits per heavy atom. The molecule has 2 unspecified atom stereocenters. The number of rotatable bonds is 5. The minimum absolute atomic E-state index is 0.119. The Bertz CT molecular complexity index is 924. The number of hydrogen-bond acceptors (Lipinski definition) is 3. The monoisotopic (exact) mass is 398 g/mol. The van der Waals surface area contributed by atoms with Crippen LogP contribution in [0.15, 0.2) is 85.1 Å². The SMILES string of the molecule is O=C(C(c1ccccc1)c1ccccc1)N1C2CCC1CC(Oc1ccccn1)C2. The van der Waals surface area contributed by atoms with E-state index in [1.54, 1.807) is 6.20 Å². The molecule has 0 N–H and O–H groups in total. The van der Waals surface area contributed by atoms with Crippen molar-refractivity contribution in [3.8, 4) is 5.88 Å². The molecule has 0 spiro atoms. The number of aromatic nitrogens is 1. The Balaban J connectivity index is 1.39. The van der Waals surface area contributed by atoms with Gasteiger partial charge in [-0.05, 0) is 30.0 Å². The molecule has 0 aliphatic carbocycles. The maximum absolute atomic E-state index is 13.9. The highest BCUT2D eigenvalue weighted by Crippen LogP contribution is 2.40. The summed E-state index contributed by atoms with van der Waals surface area (Å²) in [6, 6.07) is 26.5. The molecule has 0 saturated carbocycles. The van der Waals surface area contributed by atoms with Gasteiger partial charge in [0.05, 0.1) is 5.92 Å². The summed E-state index contributed by atoms with van der Waals surface area (Å²) in [4.78, 5) is 20.4. The molecule has 152 valence electrons. The number of nitrogens with zero attached hydrogens (tertiary/aromatic N) is 2. The summed E-state index contributed by atoms with van der Waals surface area (Å²) in [5.74, 6) is 0.632. The molecule has 5 rings (SSSR count). The number of benzene rings is 2. The number of fused-ring (bicyclic) bond motifs is 2. The molecule has 4 nitrogen and oxygen atoms in total. The van der Waals surface area contributed by atoms with Crippen LogP contribution in [-0.2, 0) is 4.79 Å². The van der Waals surface area contributed by atoms with Gasteiger partial charge in [-0.15, -0.1) is 0 Å². The van der Waals surface area contributed by atoms with E-state index in [2.05, 4.69) is 34.1 Å². The smallest absolute Gasteiger partial charge is 0.235 e. The second-order valence-electron chi connectivity index (χ2n) is 8.26. The third-order valence-electron chi connectivity index (χ3n) is 6.38. The Labute approximate surface area is 177 Å². The van der Waals surface area contributed by atoms with E-state index in [1.807, 2.05) is 54.6 Å². The summed E-state index contributed by atoms with van der Waals surface area (Å²) in [5.41, 5.74) is 2.11. The first-order chi connectivity index (χ1) is 14.8. The minimum atomic E-state index is -0.260. The van der Waals surface area contributed by atoms with Crippen LogP contribution in [0.25, 0.3) is 0 Å². The number of carbonyl (C=O) groups excluding carboxylic acids is 1. The summed E-state index contributed by atoms with van der Waals surface area (Å²) in [7, 11) is 0. The van der Waals surface area contributed by atoms with Crippen LogP contribution in [-0.4, -0.2) is 34.0 Å². The van der Waals surface area contributed by atoms with Crippen LogP contribution in [0.5, 0.6) is 5.88 Å². The number of amides is 1. The fourth-order valence-corrected chi connectivity index (χ4v) is 5.09. The van der Waals surface area contributed by atoms with Gasteiger partial charge in [0, 0.05) is 37.2 Å². The molecule has 3 heterocycles. The molecule has 2 aromatic carbocycles. The van der Waals surface area contributed by atoms with Gasteiger partial charge in [-0.25, -0.2) is 4.98 Å². The molecule has 1 aromatic heterocycles. The molecule has 2 bridgehead atoms. The average Bonchev–Trinajstić information content (AvgIpc) is 3.06. The van der Waals surface area contributed by atoms with Crippen molar-refractivity contribution >= 4 is 5.91 Å². The second kappa shape index (κ2) is 8.31. The van der Waals surface area contributed by atoms with Crippen molar-refractivity contribution in [2.45, 2.75) is 49.8 Å². The topological polar surface area (TPSA) is 42.4 Å². The van der Waals surface area contributed by atoms with Crippen molar-refractivity contribution in [3.05, 3.63) is 96.2 Å². The van der Waals surface area contributed by atoms with Crippen LogP contribution in [0, 0.1) is 0 Å². The van der Waals surface area contributed by atoms with Crippen LogP contribution >= 0.6 is 0 Å². The standard InChI is InChI=1S/C26H26N2O2/c29-26(25(19-9-3-1-4-10-19)20-11-5-2-6-12-20)28-21-14-15-22(28)18-23(17-21)30-24-13-7-8-16-27-24/h1-13,16,21-23,25H,14-15,17-18H2. The molecule has 2 saturated heterocycles. The highest BCUT2D eigenvalue weighted by Gasteiger charge is 2.46. The zero-order valence-corrected chi connectivity index (χ0v) is 16.9. The quantitative estimate of drug-likeness (QED) is 0.619. The van der Waals surface area contributed by atoms with Gasteiger partial charge in [-0.3, -0.25) is 4.79 Å². The van der Waals surface area contributed by atoms with E-state index in [9.17, 15) is 4.79 Å². The summed E-state index contributed by atoms with van der Waals surface area (Å²) < 4.78 is 6.14. The van der Waals surface area contributed by atoms with E-state index in [1.165, 1.54) is 0 Å². The van der Waals surface area contributed by atoms with Crippen LogP contribution in [0.2, 0.25) is 0 Å². The molecule has 1 amide bonds. The molecule has 30 heavy (non-hydrogen) atoms. The summed E-state index contributed by atoms with van der Waals surface area (Å²) >= 11 is 0. The number of hydrogen-bond donors (Lipinski definition) is 0. The van der Waals surface area contributed by atoms with Gasteiger partial charge in [-0.1, -0.05) is 66.7 Å². The van der Waals surface area contributed by atoms with E-state index < -0.39 is 0 Å². The Morgan fingerprint density at radius 2 is 1.40 bits per heavy atom. The Kier molecular flexibility index (Phi) is 5.22. The molecule has 2 aliphatic heterocycles. The first-order valence-corrected chi connectivity index (χ1v) is 10.8. The van der Waals surface area contributed by atoms with E-state index >= 15 is 0 Å². The zero-order chi connectivity index (χ0) is 20.3. The maximum atomic E-state index is 13.9. The minimum Gasteiger partial charge on any atom is -0.474 e. The lowest BCUT2D eigenvalue weighted by molar-refractivity contribution is -0.137. The molecule has 0 radical (unpaired) electrons. The first-order valence-electron chi connectivity index (χ1n) is 10.8. The molecule has 2 atom stereocenters. The van der Waals surface area contributed by atoms with E-state index in [4.69, 9.17) is 4.74 Å². The van der Waals surface area contributed by atoms with Crippen molar-refractivity contribution in [1.29, 1.82) is 0 Å². The lowest BCUT2D eigenvalue weighted by atomic mass is 9.88. The second-order valence-corrected chi connectivity index (χ2v) is 8.26. The number of piperidine rings is 1. The highest BCUT2D eigenvalue weighted by atomic mass is 16.5. The molecular formula is C26H26N2O2. The summed E-state index contributed by atoms with van der Waals surface area (Å²) in [6.07, 6.45) is 5.72. The van der Waals surface area contributed by atoms with Gasteiger partial charge < -0.3 is 9.64 Å². The summed E-state index contributed by atoms with van der Waals surface area (Å²) in [6.45, 7) is 0. The predicted octanol–water partition coefficient (Wildman–Crippen LogP) is 4.81. The van der Waals surface area contributed by atoms with Crippen molar-refractivity contribution in [2.24, 2.45) is 0 Å². The summed E-state index contributed by atoms with van der Waals surface area (Å²) in [5, 5.41) is 0. The molecule has 4 heteroatoms. The fraction of sp³-hybridized carbons (Fsp3) is 0.308. The van der Waals surface area contributed by atoms with Crippen LogP contribution < -0.4 is 4.74 Å². The lowest BCUT2D eigenvalue weighted by Gasteiger charge is -2.40. The van der Waals surface area contributed by atoms with Crippen LogP contribution in [0.1, 0.15) is 42.7 Å². The van der Waals surface area contributed by atoms with Crippen molar-refractivity contribution in [1.82, 2.24) is 9.88 Å².